The van der Waals surface area contributed by atoms with Gasteiger partial charge in [0.15, 0.2) is 6.10 Å². The van der Waals surface area contributed by atoms with Crippen LogP contribution in [0.4, 0.5) is 0 Å². The molecular weight excluding hydrogens is 324 g/mol. The molecule has 6 nitrogen and oxygen atoms in total. The summed E-state index contributed by atoms with van der Waals surface area (Å²) in [5.74, 6) is -1.30. The van der Waals surface area contributed by atoms with E-state index in [4.69, 9.17) is 14.2 Å². The lowest BCUT2D eigenvalue weighted by Gasteiger charge is -2.16. The van der Waals surface area contributed by atoms with Gasteiger partial charge in [-0.05, 0) is 6.42 Å². The highest BCUT2D eigenvalue weighted by Gasteiger charge is 2.16. The van der Waals surface area contributed by atoms with E-state index in [1.165, 1.54) is 52.4 Å². The molecule has 0 bridgehead atoms. The van der Waals surface area contributed by atoms with E-state index in [-0.39, 0.29) is 19.2 Å². The highest BCUT2D eigenvalue weighted by atomic mass is 16.6. The van der Waals surface area contributed by atoms with Gasteiger partial charge in [0.25, 0.3) is 0 Å². The molecule has 0 aliphatic rings. The summed E-state index contributed by atoms with van der Waals surface area (Å²) in [4.78, 5) is 33.5. The van der Waals surface area contributed by atoms with Gasteiger partial charge in [-0.15, -0.1) is 0 Å². The van der Waals surface area contributed by atoms with Crippen LogP contribution in [-0.2, 0) is 28.6 Å². The molecule has 0 N–H and O–H groups in total. The third-order valence-corrected chi connectivity index (χ3v) is 3.72. The van der Waals surface area contributed by atoms with Crippen molar-refractivity contribution in [3.8, 4) is 0 Å². The fourth-order valence-electron chi connectivity index (χ4n) is 2.40. The van der Waals surface area contributed by atoms with Crippen molar-refractivity contribution in [3.05, 3.63) is 0 Å². The minimum atomic E-state index is -0.756. The van der Waals surface area contributed by atoms with Crippen molar-refractivity contribution in [1.29, 1.82) is 0 Å². The number of carbonyl (C=O) groups is 3. The Kier molecular flexibility index (Phi) is 14.9. The lowest BCUT2D eigenvalue weighted by Crippen LogP contribution is -2.29. The average molecular weight is 358 g/mol. The van der Waals surface area contributed by atoms with Gasteiger partial charge >= 0.3 is 17.9 Å². The Labute approximate surface area is 151 Å². The Morgan fingerprint density at radius 2 is 1.24 bits per heavy atom. The van der Waals surface area contributed by atoms with Gasteiger partial charge < -0.3 is 14.2 Å². The van der Waals surface area contributed by atoms with E-state index >= 15 is 0 Å². The molecule has 0 aliphatic heterocycles. The zero-order chi connectivity index (χ0) is 18.9. The van der Waals surface area contributed by atoms with E-state index in [0.717, 1.165) is 19.3 Å². The van der Waals surface area contributed by atoms with Crippen molar-refractivity contribution < 1.29 is 28.6 Å². The van der Waals surface area contributed by atoms with Gasteiger partial charge in [0.1, 0.15) is 13.2 Å². The SMILES string of the molecule is CCCCCCCCCCCC(=O)OC[C@H](COC(C)=O)OC(C)=O. The Bertz CT molecular complexity index is 380. The van der Waals surface area contributed by atoms with Crippen LogP contribution in [0.1, 0.15) is 85.0 Å². The maximum absolute atomic E-state index is 11.7. The second kappa shape index (κ2) is 15.9. The third-order valence-electron chi connectivity index (χ3n) is 3.72. The lowest BCUT2D eigenvalue weighted by molar-refractivity contribution is -0.164. The first-order valence-corrected chi connectivity index (χ1v) is 9.41. The molecule has 25 heavy (non-hydrogen) atoms. The largest absolute Gasteiger partial charge is 0.462 e. The Balaban J connectivity index is 3.70. The average Bonchev–Trinajstić information content (AvgIpc) is 2.55. The van der Waals surface area contributed by atoms with Gasteiger partial charge in [-0.2, -0.15) is 0 Å². The molecule has 0 saturated heterocycles. The van der Waals surface area contributed by atoms with Crippen LogP contribution < -0.4 is 0 Å². The van der Waals surface area contributed by atoms with Gasteiger partial charge in [-0.25, -0.2) is 0 Å². The van der Waals surface area contributed by atoms with E-state index < -0.39 is 18.0 Å². The molecule has 0 unspecified atom stereocenters. The molecule has 0 radical (unpaired) electrons. The molecule has 0 saturated carbocycles. The molecule has 0 aromatic heterocycles. The van der Waals surface area contributed by atoms with Gasteiger partial charge in [0, 0.05) is 20.3 Å². The number of unbranched alkanes of at least 4 members (excludes halogenated alkanes) is 8. The molecule has 6 heteroatoms. The minimum absolute atomic E-state index is 0.0941. The number of hydrogen-bond donors (Lipinski definition) is 0. The van der Waals surface area contributed by atoms with E-state index in [9.17, 15) is 14.4 Å². The van der Waals surface area contributed by atoms with Crippen LogP contribution in [0, 0.1) is 0 Å². The number of rotatable bonds is 15. The maximum Gasteiger partial charge on any atom is 0.305 e. The minimum Gasteiger partial charge on any atom is -0.462 e. The third kappa shape index (κ3) is 17.0. The summed E-state index contributed by atoms with van der Waals surface area (Å²) in [7, 11) is 0. The van der Waals surface area contributed by atoms with Gasteiger partial charge in [0.05, 0.1) is 0 Å². The zero-order valence-electron chi connectivity index (χ0n) is 16.0. The molecule has 0 rings (SSSR count). The fraction of sp³-hybridized carbons (Fsp3) is 0.842. The second-order valence-corrected chi connectivity index (χ2v) is 6.30. The molecule has 0 spiro atoms. The maximum atomic E-state index is 11.7. The predicted molar refractivity (Wildman–Crippen MR) is 95.0 cm³/mol. The molecule has 0 heterocycles. The monoisotopic (exact) mass is 358 g/mol. The van der Waals surface area contributed by atoms with E-state index in [1.807, 2.05) is 0 Å². The number of ether oxygens (including phenoxy) is 3. The first-order valence-electron chi connectivity index (χ1n) is 9.41. The van der Waals surface area contributed by atoms with Crippen LogP contribution in [-0.4, -0.2) is 37.2 Å². The van der Waals surface area contributed by atoms with Crippen molar-refractivity contribution in [2.24, 2.45) is 0 Å². The molecule has 0 aromatic carbocycles. The highest BCUT2D eigenvalue weighted by Crippen LogP contribution is 2.11. The van der Waals surface area contributed by atoms with Crippen LogP contribution in [0.2, 0.25) is 0 Å². The Hall–Kier alpha value is -1.59. The van der Waals surface area contributed by atoms with Gasteiger partial charge in [-0.1, -0.05) is 58.3 Å². The second-order valence-electron chi connectivity index (χ2n) is 6.30. The van der Waals surface area contributed by atoms with E-state index in [0.29, 0.717) is 6.42 Å². The van der Waals surface area contributed by atoms with Gasteiger partial charge in [0.2, 0.25) is 0 Å². The summed E-state index contributed by atoms with van der Waals surface area (Å²) in [6, 6.07) is 0. The summed E-state index contributed by atoms with van der Waals surface area (Å²) in [5, 5.41) is 0. The first-order chi connectivity index (χ1) is 12.0. The van der Waals surface area contributed by atoms with Crippen molar-refractivity contribution in [2.75, 3.05) is 13.2 Å². The number of hydrogen-bond acceptors (Lipinski definition) is 6. The van der Waals surface area contributed by atoms with Crippen LogP contribution in [0.25, 0.3) is 0 Å². The van der Waals surface area contributed by atoms with Crippen LogP contribution >= 0.6 is 0 Å². The fourth-order valence-corrected chi connectivity index (χ4v) is 2.40. The quantitative estimate of drug-likeness (QED) is 0.251. The topological polar surface area (TPSA) is 78.9 Å². The van der Waals surface area contributed by atoms with Crippen molar-refractivity contribution in [3.63, 3.8) is 0 Å². The summed E-state index contributed by atoms with van der Waals surface area (Å²) < 4.78 is 14.8. The van der Waals surface area contributed by atoms with Crippen LogP contribution in [0.5, 0.6) is 0 Å². The molecule has 0 fully saturated rings. The number of carbonyl (C=O) groups excluding carboxylic acids is 3. The van der Waals surface area contributed by atoms with E-state index in [2.05, 4.69) is 6.92 Å². The summed E-state index contributed by atoms with van der Waals surface area (Å²) >= 11 is 0. The van der Waals surface area contributed by atoms with E-state index in [1.54, 1.807) is 0 Å². The molecule has 0 amide bonds. The lowest BCUT2D eigenvalue weighted by atomic mass is 10.1. The van der Waals surface area contributed by atoms with Gasteiger partial charge in [-0.3, -0.25) is 14.4 Å². The van der Waals surface area contributed by atoms with Crippen molar-refractivity contribution in [2.45, 2.75) is 91.1 Å². The summed E-state index contributed by atoms with van der Waals surface area (Å²) in [6.45, 7) is 4.53. The summed E-state index contributed by atoms with van der Waals surface area (Å²) in [5.41, 5.74) is 0. The first kappa shape index (κ1) is 23.4. The standard InChI is InChI=1S/C19H34O6/c1-4-5-6-7-8-9-10-11-12-13-19(22)24-15-18(25-17(3)21)14-23-16(2)20/h18H,4-15H2,1-3H3/t18-/m0/s1. The normalized spacial score (nSPS) is 11.6. The Morgan fingerprint density at radius 1 is 0.720 bits per heavy atom. The summed E-state index contributed by atoms with van der Waals surface area (Å²) in [6.07, 6.45) is 10.3. The van der Waals surface area contributed by atoms with Crippen LogP contribution in [0.3, 0.4) is 0 Å². The molecule has 1 atom stereocenters. The molecule has 0 aliphatic carbocycles. The molecule has 146 valence electrons. The highest BCUT2D eigenvalue weighted by molar-refractivity contribution is 5.69. The number of esters is 3. The molecule has 0 aromatic rings. The predicted octanol–water partition coefficient (Wildman–Crippen LogP) is 3.95. The van der Waals surface area contributed by atoms with Crippen LogP contribution in [0.15, 0.2) is 0 Å². The zero-order valence-corrected chi connectivity index (χ0v) is 16.0. The Morgan fingerprint density at radius 3 is 1.76 bits per heavy atom. The smallest absolute Gasteiger partial charge is 0.305 e. The van der Waals surface area contributed by atoms with Crippen molar-refractivity contribution >= 4 is 17.9 Å². The van der Waals surface area contributed by atoms with Crippen molar-refractivity contribution in [1.82, 2.24) is 0 Å². The molecular formula is C19H34O6.